The maximum Gasteiger partial charge on any atom is 0.333 e. The molecule has 0 amide bonds. The number of ether oxygens (including phenoxy) is 3. The highest BCUT2D eigenvalue weighted by Gasteiger charge is 2.59. The quantitative estimate of drug-likeness (QED) is 0.232. The van der Waals surface area contributed by atoms with Gasteiger partial charge in [-0.05, 0) is 58.3 Å². The van der Waals surface area contributed by atoms with Crippen LogP contribution in [0, 0.1) is 29.6 Å². The Morgan fingerprint density at radius 3 is 2.60 bits per heavy atom. The molecular weight excluding hydrogens is 548 g/mol. The van der Waals surface area contributed by atoms with Crippen LogP contribution in [0.4, 0.5) is 0 Å². The Balaban J connectivity index is 1.43. The molecule has 0 radical (unpaired) electrons. The van der Waals surface area contributed by atoms with Gasteiger partial charge in [0.1, 0.15) is 23.7 Å². The Morgan fingerprint density at radius 1 is 1.16 bits per heavy atom. The van der Waals surface area contributed by atoms with E-state index in [0.717, 1.165) is 44.6 Å². The van der Waals surface area contributed by atoms with Crippen LogP contribution in [-0.2, 0) is 23.8 Å². The van der Waals surface area contributed by atoms with Gasteiger partial charge in [-0.3, -0.25) is 10.5 Å². The smallest absolute Gasteiger partial charge is 0.333 e. The molecule has 5 aliphatic rings. The molecule has 3 aliphatic heterocycles. The van der Waals surface area contributed by atoms with E-state index in [4.69, 9.17) is 19.9 Å². The van der Waals surface area contributed by atoms with Gasteiger partial charge in [0.15, 0.2) is 0 Å². The van der Waals surface area contributed by atoms with Gasteiger partial charge in [-0.1, -0.05) is 44.6 Å². The number of ketones is 1. The fourth-order valence-electron chi connectivity index (χ4n) is 8.93. The van der Waals surface area contributed by atoms with E-state index in [1.807, 2.05) is 6.92 Å². The minimum atomic E-state index is -0.945. The molecule has 9 nitrogen and oxygen atoms in total. The molecule has 244 valence electrons. The average Bonchev–Trinajstić information content (AvgIpc) is 3.00. The van der Waals surface area contributed by atoms with E-state index >= 15 is 0 Å². The number of hydrogen-bond donors (Lipinski definition) is 4. The molecule has 6 N–H and O–H groups in total. The van der Waals surface area contributed by atoms with E-state index < -0.39 is 35.9 Å². The number of hydrogen-bond acceptors (Lipinski definition) is 8. The van der Waals surface area contributed by atoms with E-state index in [1.54, 1.807) is 13.0 Å². The molecule has 0 spiro atoms. The first-order valence-electron chi connectivity index (χ1n) is 17.2. The summed E-state index contributed by atoms with van der Waals surface area (Å²) in [6.07, 6.45) is 11.9. The molecule has 2 saturated carbocycles. The predicted octanol–water partition coefficient (Wildman–Crippen LogP) is 2.75. The largest absolute Gasteiger partial charge is 0.456 e. The summed E-state index contributed by atoms with van der Waals surface area (Å²) in [4.78, 5) is 26.3. The minimum absolute atomic E-state index is 0.0648. The van der Waals surface area contributed by atoms with Gasteiger partial charge in [0, 0.05) is 36.7 Å². The van der Waals surface area contributed by atoms with Crippen LogP contribution in [0.2, 0.25) is 0 Å². The Bertz CT molecular complexity index is 991. The van der Waals surface area contributed by atoms with E-state index in [9.17, 15) is 19.8 Å². The maximum atomic E-state index is 13.2. The number of fused-ring (bicyclic) bond motifs is 2. The highest BCUT2D eigenvalue weighted by atomic mass is 16.6. The number of aliphatic hydroxyl groups excluding tert-OH is 2. The van der Waals surface area contributed by atoms with Crippen molar-refractivity contribution >= 4 is 11.8 Å². The molecule has 11 atom stereocenters. The van der Waals surface area contributed by atoms with Gasteiger partial charge in [-0.25, -0.2) is 4.79 Å². The zero-order valence-corrected chi connectivity index (χ0v) is 26.6. The zero-order chi connectivity index (χ0) is 30.7. The Morgan fingerprint density at radius 2 is 1.93 bits per heavy atom. The Kier molecular flexibility index (Phi) is 11.0. The molecule has 9 heteroatoms. The number of aliphatic hydroxyl groups is 2. The summed E-state index contributed by atoms with van der Waals surface area (Å²) in [5, 5.41) is 23.6. The molecule has 0 aromatic carbocycles. The summed E-state index contributed by atoms with van der Waals surface area (Å²) in [5.41, 5.74) is 6.02. The van der Waals surface area contributed by atoms with Gasteiger partial charge in [0.25, 0.3) is 0 Å². The minimum Gasteiger partial charge on any atom is -0.456 e. The third-order valence-corrected chi connectivity index (χ3v) is 11.8. The molecular formula is C34H57N2O7+. The van der Waals surface area contributed by atoms with Crippen molar-refractivity contribution in [3.8, 4) is 0 Å². The summed E-state index contributed by atoms with van der Waals surface area (Å²) in [6, 6.07) is 0. The average molecular weight is 606 g/mol. The van der Waals surface area contributed by atoms with Crippen LogP contribution in [0.15, 0.2) is 11.6 Å². The van der Waals surface area contributed by atoms with E-state index in [-0.39, 0.29) is 48.9 Å². The van der Waals surface area contributed by atoms with Crippen LogP contribution in [0.1, 0.15) is 104 Å². The summed E-state index contributed by atoms with van der Waals surface area (Å²) in [5.74, 6) is 0.00331. The number of Topliss-reactive ketones (excluding diaryl/α,β-unsaturated/α-hetero) is 1. The Labute approximate surface area is 257 Å². The SMILES string of the molecule is CC=C(C)C(=O)O[C@H]1CC2C(CC3OC(CO)CC(=O)C3C2O)O[C@@]1(C)[C@H](CCC1CCCCC1)CC1CCC(N)[NH2+]C1. The molecule has 8 unspecified atom stereocenters. The first-order chi connectivity index (χ1) is 20.6. The topological polar surface area (TPSA) is 145 Å². The monoisotopic (exact) mass is 605 g/mol. The molecule has 0 bridgehead atoms. The van der Waals surface area contributed by atoms with Crippen molar-refractivity contribution in [3.63, 3.8) is 0 Å². The first-order valence-corrected chi connectivity index (χ1v) is 17.2. The standard InChI is InChI=1S/C34H56N2O7/c1-4-20(2)33(40)42-29-16-25-27(17-28-31(32(25)39)26(38)15-24(19-37)41-28)43-34(29,3)23(12-10-21-8-6-5-7-9-21)14-22-11-13-30(35)36-18-22/h4,21-25,27-32,36-37,39H,5-19,35H2,1-3H3/p+1/t22?,23-,24?,25?,27?,28?,29+,30?,31?,32?,34+/m1/s1. The summed E-state index contributed by atoms with van der Waals surface area (Å²) >= 11 is 0. The van der Waals surface area contributed by atoms with Crippen LogP contribution >= 0.6 is 0 Å². The predicted molar refractivity (Wildman–Crippen MR) is 162 cm³/mol. The second-order valence-corrected chi connectivity index (χ2v) is 14.6. The molecule has 0 aromatic rings. The number of piperidine rings is 1. The fourth-order valence-corrected chi connectivity index (χ4v) is 8.93. The van der Waals surface area contributed by atoms with Gasteiger partial charge in [-0.15, -0.1) is 0 Å². The lowest BCUT2D eigenvalue weighted by Crippen LogP contribution is -2.95. The van der Waals surface area contributed by atoms with E-state index in [1.165, 1.54) is 32.1 Å². The lowest BCUT2D eigenvalue weighted by Gasteiger charge is -2.56. The number of quaternary nitrogens is 1. The lowest BCUT2D eigenvalue weighted by atomic mass is 9.64. The maximum absolute atomic E-state index is 13.2. The Hall–Kier alpha value is -1.36. The second kappa shape index (κ2) is 14.4. The summed E-state index contributed by atoms with van der Waals surface area (Å²) in [7, 11) is 0. The van der Waals surface area contributed by atoms with Crippen molar-refractivity contribution < 1.29 is 39.3 Å². The number of nitrogens with two attached hydrogens (primary N) is 2. The van der Waals surface area contributed by atoms with Gasteiger partial charge in [0.05, 0.1) is 43.5 Å². The number of carbonyl (C=O) groups is 2. The molecule has 5 fully saturated rings. The van der Waals surface area contributed by atoms with Gasteiger partial charge >= 0.3 is 5.97 Å². The molecule has 5 rings (SSSR count). The second-order valence-electron chi connectivity index (χ2n) is 14.6. The van der Waals surface area contributed by atoms with Crippen molar-refractivity contribution in [2.75, 3.05) is 13.2 Å². The lowest BCUT2D eigenvalue weighted by molar-refractivity contribution is -0.703. The van der Waals surface area contributed by atoms with E-state index in [0.29, 0.717) is 24.3 Å². The highest BCUT2D eigenvalue weighted by molar-refractivity contribution is 5.87. The van der Waals surface area contributed by atoms with Crippen LogP contribution < -0.4 is 11.1 Å². The number of esters is 1. The van der Waals surface area contributed by atoms with Crippen LogP contribution in [0.5, 0.6) is 0 Å². The van der Waals surface area contributed by atoms with Crippen molar-refractivity contribution in [2.45, 2.75) is 147 Å². The normalized spacial score (nSPS) is 41.7. The summed E-state index contributed by atoms with van der Waals surface area (Å²) < 4.78 is 19.6. The number of allylic oxidation sites excluding steroid dienone is 1. The first kappa shape index (κ1) is 33.0. The van der Waals surface area contributed by atoms with Crippen molar-refractivity contribution in [1.29, 1.82) is 0 Å². The third-order valence-electron chi connectivity index (χ3n) is 11.8. The van der Waals surface area contributed by atoms with Gasteiger partial charge in [-0.2, -0.15) is 0 Å². The number of rotatable bonds is 9. The molecule has 2 aliphatic carbocycles. The molecule has 43 heavy (non-hydrogen) atoms. The zero-order valence-electron chi connectivity index (χ0n) is 26.6. The van der Waals surface area contributed by atoms with Gasteiger partial charge < -0.3 is 29.7 Å². The molecule has 0 aromatic heterocycles. The van der Waals surface area contributed by atoms with Crippen LogP contribution in [0.3, 0.4) is 0 Å². The molecule has 3 saturated heterocycles. The van der Waals surface area contributed by atoms with E-state index in [2.05, 4.69) is 12.2 Å². The molecule has 3 heterocycles. The summed E-state index contributed by atoms with van der Waals surface area (Å²) in [6.45, 7) is 6.51. The number of carbonyl (C=O) groups excluding carboxylic acids is 2. The third kappa shape index (κ3) is 7.39. The van der Waals surface area contributed by atoms with Gasteiger partial charge in [0.2, 0.25) is 0 Å². The van der Waals surface area contributed by atoms with Crippen molar-refractivity contribution in [1.82, 2.24) is 0 Å². The van der Waals surface area contributed by atoms with Crippen LogP contribution in [0.25, 0.3) is 0 Å². The van der Waals surface area contributed by atoms with Crippen LogP contribution in [-0.4, -0.2) is 77.4 Å². The van der Waals surface area contributed by atoms with Crippen molar-refractivity contribution in [2.24, 2.45) is 35.3 Å². The fraction of sp³-hybridized carbons (Fsp3) is 0.882. The van der Waals surface area contributed by atoms with Crippen molar-refractivity contribution in [3.05, 3.63) is 11.6 Å². The highest BCUT2D eigenvalue weighted by Crippen LogP contribution is 2.50.